The van der Waals surface area contributed by atoms with E-state index in [2.05, 4.69) is 78.1 Å². The van der Waals surface area contributed by atoms with Crippen molar-refractivity contribution in [3.05, 3.63) is 62.5 Å². The van der Waals surface area contributed by atoms with Crippen molar-refractivity contribution in [2.45, 2.75) is 11.2 Å². The molecule has 2 rings (SSSR count). The monoisotopic (exact) mass is 446 g/mol. The molecule has 0 fully saturated rings. The lowest BCUT2D eigenvalue weighted by atomic mass is 10.0. The van der Waals surface area contributed by atoms with E-state index in [4.69, 9.17) is 4.74 Å². The van der Waals surface area contributed by atoms with Crippen LogP contribution in [-0.2, 0) is 6.42 Å². The summed E-state index contributed by atoms with van der Waals surface area (Å²) in [5.41, 5.74) is 2.52. The van der Waals surface area contributed by atoms with Crippen LogP contribution in [0, 0.1) is 0 Å². The normalized spacial score (nSPS) is 12.2. The number of halogens is 3. The number of ether oxygens (including phenoxy) is 1. The fourth-order valence-corrected chi connectivity index (χ4v) is 3.80. The topological polar surface area (TPSA) is 9.23 Å². The Morgan fingerprint density at radius 1 is 1.05 bits per heavy atom. The molecular formula is C15H13Br3O. The van der Waals surface area contributed by atoms with Crippen LogP contribution in [-0.4, -0.2) is 7.11 Å². The van der Waals surface area contributed by atoms with Crippen molar-refractivity contribution < 1.29 is 4.74 Å². The molecule has 0 radical (unpaired) electrons. The Morgan fingerprint density at radius 3 is 2.32 bits per heavy atom. The molecule has 0 N–H and O–H groups in total. The zero-order valence-electron chi connectivity index (χ0n) is 10.4. The fourth-order valence-electron chi connectivity index (χ4n) is 1.83. The van der Waals surface area contributed by atoms with Gasteiger partial charge in [0.05, 0.1) is 7.11 Å². The maximum absolute atomic E-state index is 5.21. The Kier molecular flexibility index (Phi) is 5.48. The van der Waals surface area contributed by atoms with E-state index in [9.17, 15) is 0 Å². The number of hydrogen-bond donors (Lipinski definition) is 0. The standard InChI is InChI=1S/C15H13Br3O/c1-19-12-6-7-13(15(18)9-12)14(17)8-10-2-4-11(16)5-3-10/h2-7,9,14H,8H2,1H3. The summed E-state index contributed by atoms with van der Waals surface area (Å²) in [6.07, 6.45) is 0.943. The van der Waals surface area contributed by atoms with Gasteiger partial charge in [-0.15, -0.1) is 0 Å². The quantitative estimate of drug-likeness (QED) is 0.529. The predicted molar refractivity (Wildman–Crippen MR) is 90.2 cm³/mol. The van der Waals surface area contributed by atoms with Gasteiger partial charge in [0.2, 0.25) is 0 Å². The molecule has 0 aliphatic rings. The minimum absolute atomic E-state index is 0.272. The second-order valence-corrected chi connectivity index (χ2v) is 7.06. The molecule has 0 spiro atoms. The largest absolute Gasteiger partial charge is 0.497 e. The van der Waals surface area contributed by atoms with Crippen molar-refractivity contribution in [3.8, 4) is 5.75 Å². The van der Waals surface area contributed by atoms with Crippen LogP contribution in [0.15, 0.2) is 51.4 Å². The van der Waals surface area contributed by atoms with E-state index >= 15 is 0 Å². The first-order valence-electron chi connectivity index (χ1n) is 5.82. The summed E-state index contributed by atoms with van der Waals surface area (Å²) in [6.45, 7) is 0. The average Bonchev–Trinajstić information content (AvgIpc) is 2.41. The Morgan fingerprint density at radius 2 is 1.74 bits per heavy atom. The molecule has 0 bridgehead atoms. The second kappa shape index (κ2) is 6.91. The van der Waals surface area contributed by atoms with Crippen molar-refractivity contribution in [2.75, 3.05) is 7.11 Å². The lowest BCUT2D eigenvalue weighted by Crippen LogP contribution is -1.97. The van der Waals surface area contributed by atoms with Gasteiger partial charge >= 0.3 is 0 Å². The maximum atomic E-state index is 5.21. The molecule has 1 unspecified atom stereocenters. The smallest absolute Gasteiger partial charge is 0.120 e. The first-order valence-corrected chi connectivity index (χ1v) is 8.32. The van der Waals surface area contributed by atoms with E-state index in [0.29, 0.717) is 0 Å². The summed E-state index contributed by atoms with van der Waals surface area (Å²) in [5.74, 6) is 0.860. The van der Waals surface area contributed by atoms with Gasteiger partial charge in [-0.25, -0.2) is 0 Å². The summed E-state index contributed by atoms with van der Waals surface area (Å²) in [7, 11) is 1.68. The highest BCUT2D eigenvalue weighted by atomic mass is 79.9. The third-order valence-corrected chi connectivity index (χ3v) is 4.91. The van der Waals surface area contributed by atoms with Gasteiger partial charge in [-0.3, -0.25) is 0 Å². The minimum atomic E-state index is 0.272. The van der Waals surface area contributed by atoms with Crippen LogP contribution in [0.3, 0.4) is 0 Å². The first kappa shape index (κ1) is 15.1. The van der Waals surface area contributed by atoms with Gasteiger partial charge in [-0.1, -0.05) is 66.0 Å². The van der Waals surface area contributed by atoms with Gasteiger partial charge in [0, 0.05) is 13.8 Å². The van der Waals surface area contributed by atoms with Crippen LogP contribution in [0.4, 0.5) is 0 Å². The van der Waals surface area contributed by atoms with Gasteiger partial charge in [0.1, 0.15) is 5.75 Å². The van der Waals surface area contributed by atoms with Crippen LogP contribution in [0.25, 0.3) is 0 Å². The molecule has 0 aliphatic carbocycles. The highest BCUT2D eigenvalue weighted by molar-refractivity contribution is 9.11. The van der Waals surface area contributed by atoms with E-state index in [0.717, 1.165) is 21.1 Å². The summed E-state index contributed by atoms with van der Waals surface area (Å²) < 4.78 is 7.38. The number of benzene rings is 2. The van der Waals surface area contributed by atoms with Gasteiger partial charge in [-0.05, 0) is 41.8 Å². The Balaban J connectivity index is 2.15. The van der Waals surface area contributed by atoms with Gasteiger partial charge in [0.15, 0.2) is 0 Å². The molecule has 2 aromatic rings. The Hall–Kier alpha value is -0.320. The van der Waals surface area contributed by atoms with E-state index in [1.54, 1.807) is 7.11 Å². The molecule has 0 saturated carbocycles. The average molecular weight is 449 g/mol. The molecule has 0 amide bonds. The summed E-state index contributed by atoms with van der Waals surface area (Å²) in [6, 6.07) is 14.5. The molecule has 1 nitrogen and oxygen atoms in total. The Labute approximate surface area is 138 Å². The zero-order valence-corrected chi connectivity index (χ0v) is 15.1. The first-order chi connectivity index (χ1) is 9.10. The molecule has 0 aromatic heterocycles. The third kappa shape index (κ3) is 4.07. The van der Waals surface area contributed by atoms with Crippen LogP contribution in [0.1, 0.15) is 16.0 Å². The molecule has 1 atom stereocenters. The lowest BCUT2D eigenvalue weighted by molar-refractivity contribution is 0.414. The fraction of sp³-hybridized carbons (Fsp3) is 0.200. The molecule has 0 aliphatic heterocycles. The van der Waals surface area contributed by atoms with Gasteiger partial charge < -0.3 is 4.74 Å². The predicted octanol–water partition coefficient (Wildman–Crippen LogP) is 5.90. The summed E-state index contributed by atoms with van der Waals surface area (Å²) in [4.78, 5) is 0.272. The minimum Gasteiger partial charge on any atom is -0.497 e. The van der Waals surface area contributed by atoms with Crippen LogP contribution < -0.4 is 4.74 Å². The van der Waals surface area contributed by atoms with Crippen molar-refractivity contribution in [3.63, 3.8) is 0 Å². The van der Waals surface area contributed by atoms with E-state index in [-0.39, 0.29) is 4.83 Å². The van der Waals surface area contributed by atoms with Crippen LogP contribution in [0.2, 0.25) is 0 Å². The molecule has 4 heteroatoms. The van der Waals surface area contributed by atoms with Crippen LogP contribution in [0.5, 0.6) is 5.75 Å². The maximum Gasteiger partial charge on any atom is 0.120 e. The van der Waals surface area contributed by atoms with E-state index in [1.807, 2.05) is 12.1 Å². The molecule has 100 valence electrons. The molecule has 19 heavy (non-hydrogen) atoms. The van der Waals surface area contributed by atoms with Gasteiger partial charge in [0.25, 0.3) is 0 Å². The van der Waals surface area contributed by atoms with Crippen molar-refractivity contribution in [2.24, 2.45) is 0 Å². The summed E-state index contributed by atoms with van der Waals surface area (Å²) in [5, 5.41) is 0. The number of alkyl halides is 1. The molecule has 0 saturated heterocycles. The highest BCUT2D eigenvalue weighted by Gasteiger charge is 2.12. The zero-order chi connectivity index (χ0) is 13.8. The van der Waals surface area contributed by atoms with Gasteiger partial charge in [-0.2, -0.15) is 0 Å². The summed E-state index contributed by atoms with van der Waals surface area (Å²) >= 11 is 10.8. The van der Waals surface area contributed by atoms with Crippen molar-refractivity contribution in [1.82, 2.24) is 0 Å². The second-order valence-electron chi connectivity index (χ2n) is 4.19. The number of hydrogen-bond acceptors (Lipinski definition) is 1. The third-order valence-electron chi connectivity index (χ3n) is 2.87. The molecule has 2 aromatic carbocycles. The van der Waals surface area contributed by atoms with Crippen molar-refractivity contribution >= 4 is 47.8 Å². The van der Waals surface area contributed by atoms with Crippen LogP contribution >= 0.6 is 47.8 Å². The van der Waals surface area contributed by atoms with E-state index < -0.39 is 0 Å². The Bertz CT molecular complexity index is 552. The SMILES string of the molecule is COc1ccc(C(Br)Cc2ccc(Br)cc2)c(Br)c1. The van der Waals surface area contributed by atoms with E-state index in [1.165, 1.54) is 11.1 Å². The van der Waals surface area contributed by atoms with Crippen molar-refractivity contribution in [1.29, 1.82) is 0 Å². The lowest BCUT2D eigenvalue weighted by Gasteiger charge is -2.13. The molecular weight excluding hydrogens is 436 g/mol. The highest BCUT2D eigenvalue weighted by Crippen LogP contribution is 2.34. The molecule has 0 heterocycles. The number of methoxy groups -OCH3 is 1. The number of rotatable bonds is 4.